The zero-order chi connectivity index (χ0) is 24.4. The molecule has 3 aromatic carbocycles. The Morgan fingerprint density at radius 2 is 1.83 bits per heavy atom. The fraction of sp³-hybridized carbons (Fsp3) is 0.192. The van der Waals surface area contributed by atoms with Crippen LogP contribution >= 0.6 is 0 Å². The highest BCUT2D eigenvalue weighted by Gasteiger charge is 2.29. The number of nitrogens with zero attached hydrogens (tertiary/aromatic N) is 4. The Morgan fingerprint density at radius 3 is 2.60 bits per heavy atom. The summed E-state index contributed by atoms with van der Waals surface area (Å²) in [5.41, 5.74) is 3.79. The van der Waals surface area contributed by atoms with Gasteiger partial charge in [-0.25, -0.2) is 18.1 Å². The first-order valence-electron chi connectivity index (χ1n) is 11.4. The SMILES string of the molecule is CC(NC(=O)c1cccc(S(=O)(=O)N2CCCc3ccccc32)c1)c1ccc(-n2cncn2)cc1. The summed E-state index contributed by atoms with van der Waals surface area (Å²) in [5.74, 6) is -0.339. The predicted molar refractivity (Wildman–Crippen MR) is 133 cm³/mol. The first-order chi connectivity index (χ1) is 16.9. The van der Waals surface area contributed by atoms with Crippen molar-refractivity contribution in [3.05, 3.63) is 102 Å². The van der Waals surface area contributed by atoms with Crippen molar-refractivity contribution in [3.8, 4) is 5.69 Å². The van der Waals surface area contributed by atoms with Crippen LogP contribution in [0.2, 0.25) is 0 Å². The maximum Gasteiger partial charge on any atom is 0.264 e. The van der Waals surface area contributed by atoms with E-state index in [0.717, 1.165) is 29.7 Å². The zero-order valence-corrected chi connectivity index (χ0v) is 20.0. The number of carbonyl (C=O) groups excluding carboxylic acids is 1. The number of rotatable bonds is 6. The van der Waals surface area contributed by atoms with Crippen molar-refractivity contribution in [2.75, 3.05) is 10.8 Å². The van der Waals surface area contributed by atoms with Crippen LogP contribution in [0.15, 0.2) is 90.3 Å². The van der Waals surface area contributed by atoms with Crippen LogP contribution in [0.4, 0.5) is 5.69 Å². The molecule has 2 heterocycles. The number of aromatic nitrogens is 3. The number of aryl methyl sites for hydroxylation is 1. The molecule has 0 fully saturated rings. The number of carbonyl (C=O) groups is 1. The van der Waals surface area contributed by atoms with Gasteiger partial charge in [-0.1, -0.05) is 36.4 Å². The van der Waals surface area contributed by atoms with Gasteiger partial charge in [-0.2, -0.15) is 5.10 Å². The lowest BCUT2D eigenvalue weighted by Gasteiger charge is -2.30. The van der Waals surface area contributed by atoms with Crippen LogP contribution in [-0.2, 0) is 16.4 Å². The molecular weight excluding hydrogens is 462 g/mol. The van der Waals surface area contributed by atoms with Crippen LogP contribution in [0.1, 0.15) is 40.9 Å². The first-order valence-corrected chi connectivity index (χ1v) is 12.8. The van der Waals surface area contributed by atoms with Gasteiger partial charge in [0.2, 0.25) is 0 Å². The number of sulfonamides is 1. The van der Waals surface area contributed by atoms with E-state index in [-0.39, 0.29) is 16.8 Å². The van der Waals surface area contributed by atoms with Gasteiger partial charge in [0.1, 0.15) is 12.7 Å². The Kier molecular flexibility index (Phi) is 6.08. The molecule has 1 aliphatic rings. The van der Waals surface area contributed by atoms with Crippen molar-refractivity contribution >= 4 is 21.6 Å². The minimum Gasteiger partial charge on any atom is -0.346 e. The molecule has 5 rings (SSSR count). The van der Waals surface area contributed by atoms with E-state index in [1.54, 1.807) is 23.1 Å². The van der Waals surface area contributed by atoms with Gasteiger partial charge < -0.3 is 5.32 Å². The second-order valence-electron chi connectivity index (χ2n) is 8.46. The molecule has 0 saturated heterocycles. The highest BCUT2D eigenvalue weighted by atomic mass is 32.2. The van der Waals surface area contributed by atoms with Crippen molar-refractivity contribution < 1.29 is 13.2 Å². The number of hydrogen-bond acceptors (Lipinski definition) is 5. The molecule has 35 heavy (non-hydrogen) atoms. The predicted octanol–water partition coefficient (Wildman–Crippen LogP) is 3.90. The third kappa shape index (κ3) is 4.54. The van der Waals surface area contributed by atoms with Gasteiger partial charge in [-0.05, 0) is 67.3 Å². The molecule has 0 bridgehead atoms. The summed E-state index contributed by atoms with van der Waals surface area (Å²) in [6.07, 6.45) is 4.69. The lowest BCUT2D eigenvalue weighted by atomic mass is 10.0. The smallest absolute Gasteiger partial charge is 0.264 e. The molecule has 1 aliphatic heterocycles. The van der Waals surface area contributed by atoms with Crippen molar-refractivity contribution in [2.24, 2.45) is 0 Å². The molecule has 9 heteroatoms. The molecular formula is C26H25N5O3S. The number of amides is 1. The van der Waals surface area contributed by atoms with E-state index in [0.29, 0.717) is 17.8 Å². The fourth-order valence-electron chi connectivity index (χ4n) is 4.29. The summed E-state index contributed by atoms with van der Waals surface area (Å²) in [5, 5.41) is 7.06. The molecule has 178 valence electrons. The summed E-state index contributed by atoms with van der Waals surface area (Å²) < 4.78 is 30.1. The number of benzene rings is 3. The van der Waals surface area contributed by atoms with Gasteiger partial charge >= 0.3 is 0 Å². The van der Waals surface area contributed by atoms with Crippen LogP contribution in [0, 0.1) is 0 Å². The van der Waals surface area contributed by atoms with Crippen molar-refractivity contribution in [3.63, 3.8) is 0 Å². The lowest BCUT2D eigenvalue weighted by Crippen LogP contribution is -2.35. The molecule has 4 aromatic rings. The third-order valence-electron chi connectivity index (χ3n) is 6.18. The molecule has 1 amide bonds. The van der Waals surface area contributed by atoms with Crippen LogP contribution in [0.3, 0.4) is 0 Å². The summed E-state index contributed by atoms with van der Waals surface area (Å²) in [6.45, 7) is 2.30. The van der Waals surface area contributed by atoms with E-state index >= 15 is 0 Å². The van der Waals surface area contributed by atoms with Crippen LogP contribution in [-0.4, -0.2) is 35.6 Å². The number of hydrogen-bond donors (Lipinski definition) is 1. The minimum atomic E-state index is -3.80. The Morgan fingerprint density at radius 1 is 1.03 bits per heavy atom. The van der Waals surface area contributed by atoms with Gasteiger partial charge in [0.15, 0.2) is 0 Å². The number of anilines is 1. The lowest BCUT2D eigenvalue weighted by molar-refractivity contribution is 0.0939. The quantitative estimate of drug-likeness (QED) is 0.445. The Bertz CT molecular complexity index is 1450. The minimum absolute atomic E-state index is 0.103. The van der Waals surface area contributed by atoms with Gasteiger partial charge in [0.25, 0.3) is 15.9 Å². The van der Waals surface area contributed by atoms with Gasteiger partial charge in [0, 0.05) is 12.1 Å². The van der Waals surface area contributed by atoms with E-state index in [9.17, 15) is 13.2 Å². The molecule has 0 aliphatic carbocycles. The normalized spacial score (nSPS) is 14.3. The maximum absolute atomic E-state index is 13.5. The summed E-state index contributed by atoms with van der Waals surface area (Å²) in [7, 11) is -3.80. The molecule has 8 nitrogen and oxygen atoms in total. The van der Waals surface area contributed by atoms with Crippen molar-refractivity contribution in [1.29, 1.82) is 0 Å². The molecule has 1 N–H and O–H groups in total. The van der Waals surface area contributed by atoms with Crippen molar-refractivity contribution in [2.45, 2.75) is 30.7 Å². The first kappa shape index (κ1) is 22.8. The van der Waals surface area contributed by atoms with Crippen LogP contribution in [0.25, 0.3) is 5.69 Å². The average Bonchev–Trinajstić information content (AvgIpc) is 3.43. The van der Waals surface area contributed by atoms with Gasteiger partial charge in [0.05, 0.1) is 22.3 Å². The number of fused-ring (bicyclic) bond motifs is 1. The van der Waals surface area contributed by atoms with E-state index in [1.807, 2.05) is 55.5 Å². The van der Waals surface area contributed by atoms with Gasteiger partial charge in [-0.15, -0.1) is 0 Å². The monoisotopic (exact) mass is 487 g/mol. The largest absolute Gasteiger partial charge is 0.346 e. The average molecular weight is 488 g/mol. The summed E-state index contributed by atoms with van der Waals surface area (Å²) in [4.78, 5) is 17.0. The molecule has 1 aromatic heterocycles. The van der Waals surface area contributed by atoms with E-state index in [4.69, 9.17) is 0 Å². The number of nitrogens with one attached hydrogen (secondary N) is 1. The topological polar surface area (TPSA) is 97.2 Å². The van der Waals surface area contributed by atoms with E-state index < -0.39 is 10.0 Å². The van der Waals surface area contributed by atoms with Crippen molar-refractivity contribution in [1.82, 2.24) is 20.1 Å². The standard InChI is InChI=1S/C26H25N5O3S/c1-19(20-11-13-23(14-12-20)30-18-27-17-28-30)29-26(32)22-7-4-9-24(16-22)35(33,34)31-15-5-8-21-6-2-3-10-25(21)31/h2-4,6-7,9-14,16-19H,5,8,15H2,1H3,(H,29,32). The molecule has 0 spiro atoms. The highest BCUT2D eigenvalue weighted by molar-refractivity contribution is 7.92. The highest BCUT2D eigenvalue weighted by Crippen LogP contribution is 2.32. The van der Waals surface area contributed by atoms with Crippen LogP contribution < -0.4 is 9.62 Å². The Labute approximate surface area is 204 Å². The summed E-state index contributed by atoms with van der Waals surface area (Å²) in [6, 6.07) is 21.1. The van der Waals surface area contributed by atoms with Gasteiger partial charge in [-0.3, -0.25) is 9.10 Å². The summed E-state index contributed by atoms with van der Waals surface area (Å²) >= 11 is 0. The van der Waals surface area contributed by atoms with E-state index in [1.165, 1.54) is 22.8 Å². The van der Waals surface area contributed by atoms with Crippen LogP contribution in [0.5, 0.6) is 0 Å². The Balaban J connectivity index is 1.34. The second-order valence-corrected chi connectivity index (χ2v) is 10.3. The molecule has 1 atom stereocenters. The third-order valence-corrected chi connectivity index (χ3v) is 7.99. The van der Waals surface area contributed by atoms with E-state index in [2.05, 4.69) is 15.4 Å². The fourth-order valence-corrected chi connectivity index (χ4v) is 5.88. The maximum atomic E-state index is 13.5. The molecule has 0 radical (unpaired) electrons. The molecule has 1 unspecified atom stereocenters. The number of para-hydroxylation sites is 1. The Hall–Kier alpha value is -3.98. The second kappa shape index (κ2) is 9.34. The zero-order valence-electron chi connectivity index (χ0n) is 19.2. The molecule has 0 saturated carbocycles.